The first-order chi connectivity index (χ1) is 8.88. The molecule has 0 fully saturated rings. The number of ether oxygens (including phenoxy) is 1. The molecule has 2 aromatic carbocycles. The fourth-order valence-corrected chi connectivity index (χ4v) is 1.90. The summed E-state index contributed by atoms with van der Waals surface area (Å²) in [6.07, 6.45) is 0. The van der Waals surface area contributed by atoms with Gasteiger partial charge in [-0.05, 0) is 24.3 Å². The first-order valence-electron chi connectivity index (χ1n) is 5.87. The molecule has 2 N–H and O–H groups in total. The van der Waals surface area contributed by atoms with Crippen LogP contribution in [-0.4, -0.2) is 23.1 Å². The van der Waals surface area contributed by atoms with Gasteiger partial charge in [0.05, 0.1) is 16.6 Å². The van der Waals surface area contributed by atoms with Crippen LogP contribution in [-0.2, 0) is 0 Å². The Bertz CT molecular complexity index is 697. The second-order valence-electron chi connectivity index (χ2n) is 3.97. The Kier molecular flexibility index (Phi) is 2.78. The number of benzene rings is 2. The molecule has 0 aliphatic heterocycles. The number of hydrogen-bond acceptors (Lipinski definition) is 4. The van der Waals surface area contributed by atoms with Crippen molar-refractivity contribution in [3.8, 4) is 5.75 Å². The largest absolute Gasteiger partial charge is 0.490 e. The number of nitrogens with zero attached hydrogens (tertiary/aromatic N) is 2. The van der Waals surface area contributed by atoms with Crippen molar-refractivity contribution in [2.75, 3.05) is 13.2 Å². The van der Waals surface area contributed by atoms with Crippen LogP contribution in [0.3, 0.4) is 0 Å². The van der Waals surface area contributed by atoms with Gasteiger partial charge in [-0.1, -0.05) is 18.2 Å². The number of para-hydroxylation sites is 3. The van der Waals surface area contributed by atoms with Crippen molar-refractivity contribution in [3.63, 3.8) is 0 Å². The van der Waals surface area contributed by atoms with Crippen molar-refractivity contribution in [2.45, 2.75) is 0 Å². The Morgan fingerprint density at radius 1 is 0.889 bits per heavy atom. The molecule has 3 aromatic rings. The Hall–Kier alpha value is -2.20. The summed E-state index contributed by atoms with van der Waals surface area (Å²) in [5, 5.41) is 0. The molecule has 1 heterocycles. The van der Waals surface area contributed by atoms with Gasteiger partial charge in [-0.25, -0.2) is 9.97 Å². The number of aromatic nitrogens is 2. The van der Waals surface area contributed by atoms with Crippen LogP contribution < -0.4 is 10.5 Å². The molecule has 18 heavy (non-hydrogen) atoms. The number of rotatable bonds is 3. The van der Waals surface area contributed by atoms with E-state index in [1.807, 2.05) is 42.5 Å². The van der Waals surface area contributed by atoms with Gasteiger partial charge in [0.1, 0.15) is 17.9 Å². The fourth-order valence-electron chi connectivity index (χ4n) is 1.90. The normalized spacial score (nSPS) is 10.9. The highest BCUT2D eigenvalue weighted by molar-refractivity contribution is 5.89. The molecule has 0 aliphatic carbocycles. The van der Waals surface area contributed by atoms with E-state index in [-0.39, 0.29) is 0 Å². The van der Waals surface area contributed by atoms with Crippen molar-refractivity contribution in [1.29, 1.82) is 0 Å². The quantitative estimate of drug-likeness (QED) is 0.711. The first-order valence-corrected chi connectivity index (χ1v) is 5.87. The van der Waals surface area contributed by atoms with Gasteiger partial charge in [0, 0.05) is 6.54 Å². The predicted octanol–water partition coefficient (Wildman–Crippen LogP) is 2.12. The lowest BCUT2D eigenvalue weighted by molar-refractivity contribution is 0.331. The van der Waals surface area contributed by atoms with Crippen LogP contribution in [0.5, 0.6) is 5.75 Å². The summed E-state index contributed by atoms with van der Waals surface area (Å²) in [5.74, 6) is 0.733. The average Bonchev–Trinajstić information content (AvgIpc) is 2.43. The smallest absolute Gasteiger partial charge is 0.147 e. The van der Waals surface area contributed by atoms with Crippen LogP contribution in [0.1, 0.15) is 0 Å². The highest BCUT2D eigenvalue weighted by Crippen LogP contribution is 2.24. The summed E-state index contributed by atoms with van der Waals surface area (Å²) < 4.78 is 5.59. The molecule has 90 valence electrons. The Morgan fingerprint density at radius 2 is 1.61 bits per heavy atom. The second kappa shape index (κ2) is 4.58. The lowest BCUT2D eigenvalue weighted by Gasteiger charge is -2.07. The highest BCUT2D eigenvalue weighted by atomic mass is 16.5. The van der Waals surface area contributed by atoms with E-state index in [9.17, 15) is 0 Å². The topological polar surface area (TPSA) is 61.0 Å². The molecule has 4 nitrogen and oxygen atoms in total. The zero-order chi connectivity index (χ0) is 12.4. The second-order valence-corrected chi connectivity index (χ2v) is 3.97. The van der Waals surface area contributed by atoms with Gasteiger partial charge in [-0.3, -0.25) is 0 Å². The molecule has 0 bridgehead atoms. The van der Waals surface area contributed by atoms with Crippen LogP contribution >= 0.6 is 0 Å². The molecule has 0 saturated carbocycles. The Morgan fingerprint density at radius 3 is 2.39 bits per heavy atom. The number of fused-ring (bicyclic) bond motifs is 2. The van der Waals surface area contributed by atoms with E-state index in [1.165, 1.54) is 0 Å². The third-order valence-electron chi connectivity index (χ3n) is 2.71. The molecule has 0 aliphatic rings. The molecule has 0 unspecified atom stereocenters. The monoisotopic (exact) mass is 239 g/mol. The minimum Gasteiger partial charge on any atom is -0.490 e. The van der Waals surface area contributed by atoms with Crippen LogP contribution in [0.25, 0.3) is 22.1 Å². The lowest BCUT2D eigenvalue weighted by Crippen LogP contribution is -2.10. The number of hydrogen-bond donors (Lipinski definition) is 1. The zero-order valence-electron chi connectivity index (χ0n) is 9.84. The summed E-state index contributed by atoms with van der Waals surface area (Å²) in [5.41, 5.74) is 8.83. The molecule has 0 amide bonds. The Labute approximate surface area is 104 Å². The zero-order valence-corrected chi connectivity index (χ0v) is 9.84. The van der Waals surface area contributed by atoms with Crippen molar-refractivity contribution < 1.29 is 4.74 Å². The number of nitrogens with two attached hydrogens (primary N) is 1. The molecular formula is C14H13N3O. The van der Waals surface area contributed by atoms with Gasteiger partial charge in [0.25, 0.3) is 0 Å². The lowest BCUT2D eigenvalue weighted by atomic mass is 10.2. The van der Waals surface area contributed by atoms with Crippen LogP contribution in [0.15, 0.2) is 42.5 Å². The maximum Gasteiger partial charge on any atom is 0.147 e. The highest BCUT2D eigenvalue weighted by Gasteiger charge is 2.06. The first kappa shape index (κ1) is 10.9. The van der Waals surface area contributed by atoms with E-state index >= 15 is 0 Å². The molecule has 0 atom stereocenters. The van der Waals surface area contributed by atoms with E-state index in [0.29, 0.717) is 13.2 Å². The third kappa shape index (κ3) is 1.87. The maximum atomic E-state index is 5.59. The molecule has 1 aromatic heterocycles. The Balaban J connectivity index is 2.22. The van der Waals surface area contributed by atoms with Gasteiger partial charge in [-0.15, -0.1) is 0 Å². The van der Waals surface area contributed by atoms with E-state index in [2.05, 4.69) is 9.97 Å². The summed E-state index contributed by atoms with van der Waals surface area (Å²) in [6, 6.07) is 13.5. The fraction of sp³-hybridized carbons (Fsp3) is 0.143. The molecule has 0 spiro atoms. The van der Waals surface area contributed by atoms with E-state index in [4.69, 9.17) is 10.5 Å². The van der Waals surface area contributed by atoms with Crippen LogP contribution in [0.4, 0.5) is 0 Å². The molecule has 4 heteroatoms. The molecule has 0 saturated heterocycles. The van der Waals surface area contributed by atoms with E-state index < -0.39 is 0 Å². The van der Waals surface area contributed by atoms with Crippen molar-refractivity contribution in [2.24, 2.45) is 5.73 Å². The summed E-state index contributed by atoms with van der Waals surface area (Å²) in [6.45, 7) is 0.963. The maximum absolute atomic E-state index is 5.59. The van der Waals surface area contributed by atoms with Crippen LogP contribution in [0, 0.1) is 0 Å². The van der Waals surface area contributed by atoms with Crippen LogP contribution in [0.2, 0.25) is 0 Å². The van der Waals surface area contributed by atoms with Crippen molar-refractivity contribution in [1.82, 2.24) is 9.97 Å². The van der Waals surface area contributed by atoms with Gasteiger partial charge in [-0.2, -0.15) is 0 Å². The molecule has 0 radical (unpaired) electrons. The molecular weight excluding hydrogens is 226 g/mol. The average molecular weight is 239 g/mol. The minimum absolute atomic E-state index is 0.480. The summed E-state index contributed by atoms with van der Waals surface area (Å²) in [4.78, 5) is 9.17. The summed E-state index contributed by atoms with van der Waals surface area (Å²) >= 11 is 0. The standard InChI is InChI=1S/C14H13N3O/c15-8-9-18-13-7-3-6-12-14(13)17-11-5-2-1-4-10(11)16-12/h1-7H,8-9,15H2. The summed E-state index contributed by atoms with van der Waals surface area (Å²) in [7, 11) is 0. The van der Waals surface area contributed by atoms with E-state index in [0.717, 1.165) is 27.8 Å². The van der Waals surface area contributed by atoms with E-state index in [1.54, 1.807) is 0 Å². The predicted molar refractivity (Wildman–Crippen MR) is 71.6 cm³/mol. The minimum atomic E-state index is 0.480. The van der Waals surface area contributed by atoms with Gasteiger partial charge >= 0.3 is 0 Å². The van der Waals surface area contributed by atoms with Gasteiger partial charge in [0.2, 0.25) is 0 Å². The van der Waals surface area contributed by atoms with Gasteiger partial charge < -0.3 is 10.5 Å². The van der Waals surface area contributed by atoms with Crippen molar-refractivity contribution in [3.05, 3.63) is 42.5 Å². The van der Waals surface area contributed by atoms with Gasteiger partial charge in [0.15, 0.2) is 0 Å². The van der Waals surface area contributed by atoms with Crippen molar-refractivity contribution >= 4 is 22.1 Å². The SMILES string of the molecule is NCCOc1cccc2nc3ccccc3nc12. The molecule has 3 rings (SSSR count). The third-order valence-corrected chi connectivity index (χ3v) is 2.71.